The van der Waals surface area contributed by atoms with Crippen LogP contribution in [-0.2, 0) is 11.2 Å². The molecular weight excluding hydrogens is 237 g/mol. The average Bonchev–Trinajstić information content (AvgIpc) is 2.95. The van der Waals surface area contributed by atoms with Gasteiger partial charge in [0.15, 0.2) is 0 Å². The van der Waals surface area contributed by atoms with Crippen molar-refractivity contribution in [1.82, 2.24) is 5.32 Å². The number of ether oxygens (including phenoxy) is 1. The molecule has 0 amide bonds. The van der Waals surface area contributed by atoms with E-state index < -0.39 is 11.9 Å². The molecule has 5 heteroatoms. The summed E-state index contributed by atoms with van der Waals surface area (Å²) in [5.74, 6) is -0.997. The topological polar surface area (TPSA) is 58.6 Å². The van der Waals surface area contributed by atoms with Crippen LogP contribution >= 0.6 is 0 Å². The summed E-state index contributed by atoms with van der Waals surface area (Å²) in [5.41, 5.74) is 1.50. The standard InChI is InChI=1S/C13H14FNO3/c14-9-2-1-7-3-4-18-12(7)11(9)10-5-8(6-15-10)13(16)17/h1-2,8,10,15H,3-6H2,(H,16,17). The second kappa shape index (κ2) is 4.24. The predicted octanol–water partition coefficient (Wildman–Crippen LogP) is 1.50. The number of carboxylic acid groups (broad SMARTS) is 1. The zero-order valence-corrected chi connectivity index (χ0v) is 9.78. The fraction of sp³-hybridized carbons (Fsp3) is 0.462. The van der Waals surface area contributed by atoms with Gasteiger partial charge in [-0.25, -0.2) is 4.39 Å². The van der Waals surface area contributed by atoms with Crippen LogP contribution in [-0.4, -0.2) is 24.2 Å². The first-order chi connectivity index (χ1) is 8.66. The van der Waals surface area contributed by atoms with E-state index in [0.717, 1.165) is 12.0 Å². The molecule has 2 unspecified atom stereocenters. The third kappa shape index (κ3) is 1.75. The monoisotopic (exact) mass is 251 g/mol. The number of hydrogen-bond donors (Lipinski definition) is 2. The number of hydrogen-bond acceptors (Lipinski definition) is 3. The number of fused-ring (bicyclic) bond motifs is 1. The van der Waals surface area contributed by atoms with Gasteiger partial charge in [0.25, 0.3) is 0 Å². The molecule has 4 nitrogen and oxygen atoms in total. The van der Waals surface area contributed by atoms with E-state index in [2.05, 4.69) is 5.32 Å². The molecule has 1 saturated heterocycles. The third-order valence-corrected chi connectivity index (χ3v) is 3.67. The van der Waals surface area contributed by atoms with Crippen LogP contribution in [0.15, 0.2) is 12.1 Å². The van der Waals surface area contributed by atoms with E-state index >= 15 is 0 Å². The zero-order valence-electron chi connectivity index (χ0n) is 9.78. The molecule has 2 aliphatic rings. The van der Waals surface area contributed by atoms with Crippen LogP contribution in [0.3, 0.4) is 0 Å². The van der Waals surface area contributed by atoms with E-state index in [1.54, 1.807) is 6.07 Å². The van der Waals surface area contributed by atoms with Gasteiger partial charge in [0.1, 0.15) is 11.6 Å². The number of nitrogens with one attached hydrogen (secondary N) is 1. The van der Waals surface area contributed by atoms with E-state index in [4.69, 9.17) is 9.84 Å². The van der Waals surface area contributed by atoms with Crippen molar-refractivity contribution in [1.29, 1.82) is 0 Å². The molecule has 0 aliphatic carbocycles. The maximum Gasteiger partial charge on any atom is 0.307 e. The molecule has 0 aromatic heterocycles. The summed E-state index contributed by atoms with van der Waals surface area (Å²) in [6, 6.07) is 2.92. The van der Waals surface area contributed by atoms with Gasteiger partial charge < -0.3 is 15.2 Å². The summed E-state index contributed by atoms with van der Waals surface area (Å²) in [4.78, 5) is 10.9. The van der Waals surface area contributed by atoms with Crippen LogP contribution < -0.4 is 10.1 Å². The minimum Gasteiger partial charge on any atom is -0.492 e. The van der Waals surface area contributed by atoms with E-state index in [1.165, 1.54) is 6.07 Å². The first kappa shape index (κ1) is 11.5. The van der Waals surface area contributed by atoms with Crippen LogP contribution in [0, 0.1) is 11.7 Å². The molecule has 1 aromatic carbocycles. The lowest BCUT2D eigenvalue weighted by Crippen LogP contribution is -2.18. The first-order valence-electron chi connectivity index (χ1n) is 6.07. The predicted molar refractivity (Wildman–Crippen MR) is 62.1 cm³/mol. The van der Waals surface area contributed by atoms with E-state index in [-0.39, 0.29) is 11.9 Å². The van der Waals surface area contributed by atoms with Gasteiger partial charge in [-0.05, 0) is 18.1 Å². The number of carboxylic acids is 1. The molecule has 2 N–H and O–H groups in total. The minimum absolute atomic E-state index is 0.265. The van der Waals surface area contributed by atoms with Gasteiger partial charge in [-0.1, -0.05) is 6.07 Å². The number of rotatable bonds is 2. The van der Waals surface area contributed by atoms with Gasteiger partial charge in [-0.3, -0.25) is 4.79 Å². The summed E-state index contributed by atoms with van der Waals surface area (Å²) >= 11 is 0. The van der Waals surface area contributed by atoms with E-state index in [1.807, 2.05) is 0 Å². The normalized spacial score (nSPS) is 25.8. The molecule has 0 bridgehead atoms. The van der Waals surface area contributed by atoms with Crippen molar-refractivity contribution in [2.75, 3.05) is 13.2 Å². The van der Waals surface area contributed by atoms with Crippen molar-refractivity contribution in [2.24, 2.45) is 5.92 Å². The highest BCUT2D eigenvalue weighted by Crippen LogP contribution is 2.39. The van der Waals surface area contributed by atoms with Gasteiger partial charge >= 0.3 is 5.97 Å². The van der Waals surface area contributed by atoms with Crippen molar-refractivity contribution in [3.05, 3.63) is 29.1 Å². The number of halogens is 1. The Labute approximate surface area is 104 Å². The molecular formula is C13H14FNO3. The summed E-state index contributed by atoms with van der Waals surface area (Å²) < 4.78 is 19.4. The van der Waals surface area contributed by atoms with Gasteiger partial charge in [0, 0.05) is 24.6 Å². The molecule has 0 spiro atoms. The van der Waals surface area contributed by atoms with Crippen molar-refractivity contribution in [3.8, 4) is 5.75 Å². The molecule has 2 atom stereocenters. The fourth-order valence-electron chi connectivity index (χ4n) is 2.72. The number of carbonyl (C=O) groups is 1. The molecule has 18 heavy (non-hydrogen) atoms. The van der Waals surface area contributed by atoms with Crippen molar-refractivity contribution in [3.63, 3.8) is 0 Å². The van der Waals surface area contributed by atoms with Gasteiger partial charge in [0.05, 0.1) is 12.5 Å². The molecule has 96 valence electrons. The molecule has 2 aliphatic heterocycles. The van der Waals surface area contributed by atoms with Crippen LogP contribution in [0.5, 0.6) is 5.75 Å². The summed E-state index contributed by atoms with van der Waals surface area (Å²) in [6.07, 6.45) is 1.20. The summed E-state index contributed by atoms with van der Waals surface area (Å²) in [7, 11) is 0. The lowest BCUT2D eigenvalue weighted by atomic mass is 9.97. The van der Waals surface area contributed by atoms with Gasteiger partial charge in [-0.15, -0.1) is 0 Å². The molecule has 0 radical (unpaired) electrons. The molecule has 1 aromatic rings. The van der Waals surface area contributed by atoms with Crippen LogP contribution in [0.4, 0.5) is 4.39 Å². The SMILES string of the molecule is O=C(O)C1CNC(c2c(F)ccc3c2OCC3)C1. The molecule has 3 rings (SSSR count). The quantitative estimate of drug-likeness (QED) is 0.836. The van der Waals surface area contributed by atoms with Crippen molar-refractivity contribution >= 4 is 5.97 Å². The largest absolute Gasteiger partial charge is 0.492 e. The Kier molecular flexibility index (Phi) is 2.70. The maximum atomic E-state index is 14.0. The van der Waals surface area contributed by atoms with Crippen LogP contribution in [0.1, 0.15) is 23.6 Å². The molecule has 1 fully saturated rings. The fourth-order valence-corrected chi connectivity index (χ4v) is 2.72. The Morgan fingerprint density at radius 2 is 2.33 bits per heavy atom. The van der Waals surface area contributed by atoms with E-state index in [9.17, 15) is 9.18 Å². The maximum absolute atomic E-state index is 14.0. The van der Waals surface area contributed by atoms with Crippen LogP contribution in [0.2, 0.25) is 0 Å². The summed E-state index contributed by atoms with van der Waals surface area (Å²) in [6.45, 7) is 0.948. The number of benzene rings is 1. The highest BCUT2D eigenvalue weighted by atomic mass is 19.1. The summed E-state index contributed by atoms with van der Waals surface area (Å²) in [5, 5.41) is 12.0. The molecule has 0 saturated carbocycles. The highest BCUT2D eigenvalue weighted by molar-refractivity contribution is 5.71. The minimum atomic E-state index is -0.834. The second-order valence-electron chi connectivity index (χ2n) is 4.78. The molecule has 2 heterocycles. The average molecular weight is 251 g/mol. The van der Waals surface area contributed by atoms with Crippen LogP contribution in [0.25, 0.3) is 0 Å². The Morgan fingerprint density at radius 1 is 1.50 bits per heavy atom. The van der Waals surface area contributed by atoms with Crippen molar-refractivity contribution in [2.45, 2.75) is 18.9 Å². The second-order valence-corrected chi connectivity index (χ2v) is 4.78. The Bertz CT molecular complexity index is 503. The zero-order chi connectivity index (χ0) is 12.7. The number of aliphatic carboxylic acids is 1. The lowest BCUT2D eigenvalue weighted by Gasteiger charge is -2.15. The Hall–Kier alpha value is -1.62. The third-order valence-electron chi connectivity index (χ3n) is 3.67. The lowest BCUT2D eigenvalue weighted by molar-refractivity contribution is -0.141. The van der Waals surface area contributed by atoms with Gasteiger partial charge in [0.2, 0.25) is 0 Å². The first-order valence-corrected chi connectivity index (χ1v) is 6.07. The Morgan fingerprint density at radius 3 is 3.06 bits per heavy atom. The Balaban J connectivity index is 1.94. The van der Waals surface area contributed by atoms with Crippen molar-refractivity contribution < 1.29 is 19.0 Å². The smallest absolute Gasteiger partial charge is 0.307 e. The van der Waals surface area contributed by atoms with Gasteiger partial charge in [-0.2, -0.15) is 0 Å². The van der Waals surface area contributed by atoms with E-state index in [0.29, 0.717) is 30.9 Å². The highest BCUT2D eigenvalue weighted by Gasteiger charge is 2.34.